The quantitative estimate of drug-likeness (QED) is 0.645. The number of ether oxygens (including phenoxy) is 1. The van der Waals surface area contributed by atoms with Gasteiger partial charge in [0.2, 0.25) is 0 Å². The molecule has 0 radical (unpaired) electrons. The maximum absolute atomic E-state index is 13.3. The zero-order valence-electron chi connectivity index (χ0n) is 15.9. The minimum Gasteiger partial charge on any atom is -0.378 e. The van der Waals surface area contributed by atoms with E-state index in [0.717, 1.165) is 23.6 Å². The maximum atomic E-state index is 13.3. The van der Waals surface area contributed by atoms with Gasteiger partial charge in [-0.1, -0.05) is 30.3 Å². The van der Waals surface area contributed by atoms with Gasteiger partial charge in [-0.25, -0.2) is 8.78 Å². The third-order valence-corrected chi connectivity index (χ3v) is 6.06. The molecule has 7 nitrogen and oxygen atoms in total. The molecule has 10 heteroatoms. The molecule has 158 valence electrons. The van der Waals surface area contributed by atoms with E-state index in [9.17, 15) is 17.2 Å². The first-order chi connectivity index (χ1) is 14.4. The second kappa shape index (κ2) is 8.41. The largest absolute Gasteiger partial charge is 0.378 e. The van der Waals surface area contributed by atoms with Gasteiger partial charge in [0.1, 0.15) is 5.69 Å². The van der Waals surface area contributed by atoms with Crippen molar-refractivity contribution in [2.75, 3.05) is 36.0 Å². The van der Waals surface area contributed by atoms with Crippen LogP contribution in [0.3, 0.4) is 0 Å². The van der Waals surface area contributed by atoms with Crippen molar-refractivity contribution >= 4 is 15.7 Å². The van der Waals surface area contributed by atoms with Gasteiger partial charge < -0.3 is 9.64 Å². The highest BCUT2D eigenvalue weighted by Gasteiger charge is 2.21. The summed E-state index contributed by atoms with van der Waals surface area (Å²) in [6.07, 6.45) is -2.83. The number of morpholine rings is 1. The third-order valence-electron chi connectivity index (χ3n) is 4.75. The van der Waals surface area contributed by atoms with Crippen molar-refractivity contribution in [2.45, 2.75) is 11.3 Å². The Bertz CT molecular complexity index is 1100. The van der Waals surface area contributed by atoms with Crippen LogP contribution in [0, 0.1) is 0 Å². The van der Waals surface area contributed by atoms with Crippen LogP contribution in [0.5, 0.6) is 0 Å². The highest BCUT2D eigenvalue weighted by atomic mass is 32.2. The van der Waals surface area contributed by atoms with Crippen molar-refractivity contribution in [3.63, 3.8) is 0 Å². The molecular formula is C20H20F2N4O3S. The lowest BCUT2D eigenvalue weighted by Gasteiger charge is -2.28. The molecular weight excluding hydrogens is 414 g/mol. The first-order valence-electron chi connectivity index (χ1n) is 9.33. The molecule has 1 fully saturated rings. The number of hydrogen-bond donors (Lipinski definition) is 1. The minimum atomic E-state index is -4.00. The monoisotopic (exact) mass is 434 g/mol. The number of nitrogens with zero attached hydrogens (tertiary/aromatic N) is 3. The zero-order chi connectivity index (χ0) is 21.1. The van der Waals surface area contributed by atoms with E-state index in [2.05, 4.69) is 14.8 Å². The van der Waals surface area contributed by atoms with Gasteiger partial charge in [-0.05, 0) is 30.3 Å². The van der Waals surface area contributed by atoms with Crippen molar-refractivity contribution in [2.24, 2.45) is 0 Å². The first kappa shape index (κ1) is 20.3. The Labute approximate surface area is 172 Å². The Kier molecular flexibility index (Phi) is 5.69. The fraction of sp³-hybridized carbons (Fsp3) is 0.250. The summed E-state index contributed by atoms with van der Waals surface area (Å²) in [4.78, 5) is 5.32. The van der Waals surface area contributed by atoms with E-state index in [1.807, 2.05) is 12.1 Å². The number of alkyl halides is 2. The van der Waals surface area contributed by atoms with Crippen LogP contribution in [-0.2, 0) is 14.8 Å². The van der Waals surface area contributed by atoms with Crippen molar-refractivity contribution in [1.82, 2.24) is 9.89 Å². The van der Waals surface area contributed by atoms with E-state index < -0.39 is 22.1 Å². The van der Waals surface area contributed by atoms with E-state index in [4.69, 9.17) is 4.74 Å². The molecule has 1 N–H and O–H groups in total. The van der Waals surface area contributed by atoms with Crippen molar-refractivity contribution in [1.29, 1.82) is 0 Å². The zero-order valence-corrected chi connectivity index (χ0v) is 16.7. The Hall–Kier alpha value is -2.98. The number of halogens is 2. The van der Waals surface area contributed by atoms with E-state index in [1.165, 1.54) is 18.2 Å². The second-order valence-electron chi connectivity index (χ2n) is 6.72. The molecule has 0 saturated carbocycles. The van der Waals surface area contributed by atoms with Gasteiger partial charge in [-0.15, -0.1) is 0 Å². The van der Waals surface area contributed by atoms with Crippen LogP contribution in [0.15, 0.2) is 65.6 Å². The molecule has 0 amide bonds. The number of nitrogens with one attached hydrogen (secondary N) is 1. The summed E-state index contributed by atoms with van der Waals surface area (Å²) in [5.41, 5.74) is 1.24. The van der Waals surface area contributed by atoms with Gasteiger partial charge >= 0.3 is 0 Å². The number of hydrogen-bond acceptors (Lipinski definition) is 5. The maximum Gasteiger partial charge on any atom is 0.282 e. The highest BCUT2D eigenvalue weighted by Crippen LogP contribution is 2.28. The van der Waals surface area contributed by atoms with Crippen LogP contribution < -0.4 is 9.73 Å². The molecule has 1 aliphatic rings. The lowest BCUT2D eigenvalue weighted by Crippen LogP contribution is -2.36. The van der Waals surface area contributed by atoms with Gasteiger partial charge in [0.15, 0.2) is 0 Å². The van der Waals surface area contributed by atoms with E-state index in [0.29, 0.717) is 18.8 Å². The number of benzene rings is 2. The first-order valence-corrected chi connectivity index (χ1v) is 10.8. The molecule has 3 aromatic rings. The standard InChI is InChI=1S/C20H20F2N4O3S/c21-20(22)18-14-19(15-6-8-16(9-7-15)25-10-12-29-13-11-25)26(23-18)24-30(27,28)17-4-2-1-3-5-17/h1-9,14,20,24H,10-13H2. The molecule has 2 heterocycles. The third kappa shape index (κ3) is 4.29. The smallest absolute Gasteiger partial charge is 0.282 e. The van der Waals surface area contributed by atoms with Gasteiger partial charge in [0.05, 0.1) is 23.8 Å². The van der Waals surface area contributed by atoms with Gasteiger partial charge in [0.25, 0.3) is 16.4 Å². The van der Waals surface area contributed by atoms with Crippen molar-refractivity contribution in [3.05, 3.63) is 66.4 Å². The Morgan fingerprint density at radius 1 is 1.00 bits per heavy atom. The topological polar surface area (TPSA) is 76.5 Å². The predicted octanol–water partition coefficient (Wildman–Crippen LogP) is 3.26. The van der Waals surface area contributed by atoms with Crippen LogP contribution in [0.4, 0.5) is 14.5 Å². The minimum absolute atomic E-state index is 0.00714. The lowest BCUT2D eigenvalue weighted by molar-refractivity contribution is 0.122. The van der Waals surface area contributed by atoms with Crippen molar-refractivity contribution < 1.29 is 21.9 Å². The molecule has 0 atom stereocenters. The van der Waals surface area contributed by atoms with E-state index in [1.54, 1.807) is 30.3 Å². The normalized spacial score (nSPS) is 14.8. The lowest BCUT2D eigenvalue weighted by atomic mass is 10.1. The Morgan fingerprint density at radius 3 is 2.30 bits per heavy atom. The van der Waals surface area contributed by atoms with Gasteiger partial charge in [0, 0.05) is 24.3 Å². The predicted molar refractivity (Wildman–Crippen MR) is 109 cm³/mol. The van der Waals surface area contributed by atoms with Crippen LogP contribution in [-0.4, -0.2) is 44.6 Å². The number of anilines is 1. The van der Waals surface area contributed by atoms with Crippen LogP contribution in [0.1, 0.15) is 12.1 Å². The highest BCUT2D eigenvalue weighted by molar-refractivity contribution is 7.92. The summed E-state index contributed by atoms with van der Waals surface area (Å²) in [6, 6.07) is 16.1. The molecule has 0 aliphatic carbocycles. The van der Waals surface area contributed by atoms with Gasteiger partial charge in [-0.3, -0.25) is 0 Å². The molecule has 0 unspecified atom stereocenters. The summed E-state index contributed by atoms with van der Waals surface area (Å²) >= 11 is 0. The molecule has 0 bridgehead atoms. The Morgan fingerprint density at radius 2 is 1.67 bits per heavy atom. The van der Waals surface area contributed by atoms with E-state index in [-0.39, 0.29) is 10.6 Å². The fourth-order valence-corrected chi connectivity index (χ4v) is 4.20. The molecule has 0 spiro atoms. The number of aromatic nitrogens is 2. The average Bonchev–Trinajstić information content (AvgIpc) is 3.18. The van der Waals surface area contributed by atoms with Crippen LogP contribution in [0.25, 0.3) is 11.3 Å². The molecule has 1 aliphatic heterocycles. The summed E-state index contributed by atoms with van der Waals surface area (Å²) < 4.78 is 57.2. The number of rotatable bonds is 6. The molecule has 1 saturated heterocycles. The van der Waals surface area contributed by atoms with Gasteiger partial charge in [-0.2, -0.15) is 23.1 Å². The van der Waals surface area contributed by atoms with Crippen LogP contribution >= 0.6 is 0 Å². The summed E-state index contributed by atoms with van der Waals surface area (Å²) in [6.45, 7) is 2.83. The summed E-state index contributed by atoms with van der Waals surface area (Å²) in [7, 11) is -4.00. The SMILES string of the molecule is O=S(=O)(Nn1nc(C(F)F)cc1-c1ccc(N2CCOCC2)cc1)c1ccccc1. The van der Waals surface area contributed by atoms with Crippen molar-refractivity contribution in [3.8, 4) is 11.3 Å². The summed E-state index contributed by atoms with van der Waals surface area (Å²) in [5, 5.41) is 3.76. The fourth-order valence-electron chi connectivity index (χ4n) is 3.21. The molecule has 2 aromatic carbocycles. The number of sulfonamides is 1. The average molecular weight is 434 g/mol. The Balaban J connectivity index is 1.66. The molecule has 1 aromatic heterocycles. The second-order valence-corrected chi connectivity index (χ2v) is 8.38. The van der Waals surface area contributed by atoms with Crippen LogP contribution in [0.2, 0.25) is 0 Å². The summed E-state index contributed by atoms with van der Waals surface area (Å²) in [5.74, 6) is 0. The van der Waals surface area contributed by atoms with E-state index >= 15 is 0 Å². The molecule has 30 heavy (non-hydrogen) atoms. The molecule has 4 rings (SSSR count).